The lowest BCUT2D eigenvalue weighted by atomic mass is 9.98. The number of rotatable bonds is 6. The van der Waals surface area contributed by atoms with Gasteiger partial charge in [-0.2, -0.15) is 26.3 Å². The molecule has 0 unspecified atom stereocenters. The molecule has 0 bridgehead atoms. The Morgan fingerprint density at radius 2 is 1.70 bits per heavy atom. The quantitative estimate of drug-likeness (QED) is 0.276. The topological polar surface area (TPSA) is 87.1 Å². The Hall–Kier alpha value is -3.84. The molecule has 2 N–H and O–H groups in total. The summed E-state index contributed by atoms with van der Waals surface area (Å²) in [5.74, 6) is 0.879. The summed E-state index contributed by atoms with van der Waals surface area (Å²) in [4.78, 5) is 18.8. The molecule has 1 aromatic carbocycles. The van der Waals surface area contributed by atoms with Gasteiger partial charge in [-0.15, -0.1) is 0 Å². The Morgan fingerprint density at radius 3 is 2.35 bits per heavy atom. The molecule has 1 aliphatic heterocycles. The van der Waals surface area contributed by atoms with Crippen LogP contribution in [0.15, 0.2) is 54.9 Å². The van der Waals surface area contributed by atoms with Gasteiger partial charge < -0.3 is 10.4 Å². The Kier molecular flexibility index (Phi) is 7.60. The summed E-state index contributed by atoms with van der Waals surface area (Å²) >= 11 is 0. The number of likely N-dealkylation sites (tertiary alicyclic amines) is 1. The van der Waals surface area contributed by atoms with Gasteiger partial charge in [-0.05, 0) is 68.2 Å². The van der Waals surface area contributed by atoms with Gasteiger partial charge in [0.2, 0.25) is 0 Å². The minimum absolute atomic E-state index is 0.117. The van der Waals surface area contributed by atoms with Crippen LogP contribution in [0.1, 0.15) is 29.9 Å². The highest BCUT2D eigenvalue weighted by Gasteiger charge is 2.34. The fraction of sp³-hybridized carbons (Fsp3) is 0.333. The van der Waals surface area contributed by atoms with Gasteiger partial charge in [0.05, 0.1) is 35.2 Å². The number of fused-ring (bicyclic) bond motifs is 1. The van der Waals surface area contributed by atoms with Crippen molar-refractivity contribution in [1.29, 1.82) is 0 Å². The number of aliphatic hydroxyl groups excluding tert-OH is 1. The van der Waals surface area contributed by atoms with E-state index in [4.69, 9.17) is 0 Å². The molecule has 4 aromatic rings. The summed E-state index contributed by atoms with van der Waals surface area (Å²) < 4.78 is 79.9. The molecule has 0 saturated carbocycles. The van der Waals surface area contributed by atoms with E-state index in [0.717, 1.165) is 31.2 Å². The maximum absolute atomic E-state index is 13.7. The lowest BCUT2D eigenvalue weighted by Crippen LogP contribution is -2.34. The van der Waals surface area contributed by atoms with Gasteiger partial charge in [-0.3, -0.25) is 9.88 Å². The highest BCUT2D eigenvalue weighted by atomic mass is 19.4. The molecule has 1 fully saturated rings. The van der Waals surface area contributed by atoms with E-state index in [9.17, 15) is 31.4 Å². The van der Waals surface area contributed by atoms with Crippen LogP contribution in [0.4, 0.5) is 37.8 Å². The van der Waals surface area contributed by atoms with E-state index in [-0.39, 0.29) is 35.3 Å². The van der Waals surface area contributed by atoms with Crippen LogP contribution in [0.25, 0.3) is 22.2 Å². The Labute approximate surface area is 224 Å². The predicted octanol–water partition coefficient (Wildman–Crippen LogP) is 6.07. The van der Waals surface area contributed by atoms with Crippen LogP contribution in [0.3, 0.4) is 0 Å². The van der Waals surface area contributed by atoms with E-state index < -0.39 is 23.6 Å². The van der Waals surface area contributed by atoms with Crippen molar-refractivity contribution in [1.82, 2.24) is 24.8 Å². The van der Waals surface area contributed by atoms with Crippen molar-refractivity contribution < 1.29 is 31.4 Å². The highest BCUT2D eigenvalue weighted by molar-refractivity contribution is 5.93. The van der Waals surface area contributed by atoms with Crippen LogP contribution in [-0.2, 0) is 18.9 Å². The van der Waals surface area contributed by atoms with Crippen molar-refractivity contribution in [3.05, 3.63) is 71.9 Å². The molecule has 1 saturated heterocycles. The molecule has 7 nitrogen and oxygen atoms in total. The average molecular weight is 563 g/mol. The molecule has 5 rings (SSSR count). The first-order valence-corrected chi connectivity index (χ1v) is 12.5. The Bertz CT molecular complexity index is 1480. The highest BCUT2D eigenvalue weighted by Crippen LogP contribution is 2.37. The first-order chi connectivity index (χ1) is 19.0. The Morgan fingerprint density at radius 1 is 0.925 bits per heavy atom. The molecule has 0 aliphatic carbocycles. The molecule has 0 spiro atoms. The van der Waals surface area contributed by atoms with Gasteiger partial charge in [-0.25, -0.2) is 15.0 Å². The number of hydrogen-bond acceptors (Lipinski definition) is 7. The van der Waals surface area contributed by atoms with Crippen molar-refractivity contribution in [2.45, 2.75) is 31.7 Å². The molecular formula is C27H24F6N6O. The summed E-state index contributed by atoms with van der Waals surface area (Å²) in [5.41, 5.74) is -1.38. The van der Waals surface area contributed by atoms with E-state index in [2.05, 4.69) is 30.2 Å². The van der Waals surface area contributed by atoms with Crippen LogP contribution < -0.4 is 5.32 Å². The molecular weight excluding hydrogens is 538 g/mol. The zero-order valence-electron chi connectivity index (χ0n) is 21.0. The van der Waals surface area contributed by atoms with Crippen LogP contribution in [0.2, 0.25) is 0 Å². The number of alkyl halides is 6. The third kappa shape index (κ3) is 6.15. The molecule has 1 aliphatic rings. The molecule has 210 valence electrons. The second kappa shape index (κ2) is 11.0. The Balaban J connectivity index is 1.54. The summed E-state index contributed by atoms with van der Waals surface area (Å²) in [7, 11) is 0. The van der Waals surface area contributed by atoms with Crippen molar-refractivity contribution in [2.75, 3.05) is 25.0 Å². The standard InChI is InChI=1S/C27H24F6N6O/c28-26(29,30)20-2-1-9-34-24(20)17-3-5-19-21(12-17)37-23(14-39-10-7-16(15-40)8-11-39)38-25(19)36-18-4-6-22(35-13-18)27(31,32)33/h1-6,9,12-13,16,40H,7-8,10-11,14-15H2,(H,36,37,38). The van der Waals surface area contributed by atoms with E-state index in [0.29, 0.717) is 36.4 Å². The molecule has 40 heavy (non-hydrogen) atoms. The number of aliphatic hydroxyl groups is 1. The normalized spacial score (nSPS) is 15.5. The van der Waals surface area contributed by atoms with Gasteiger partial charge >= 0.3 is 12.4 Å². The number of nitrogens with zero attached hydrogens (tertiary/aromatic N) is 5. The summed E-state index contributed by atoms with van der Waals surface area (Å²) in [6, 6.07) is 8.75. The van der Waals surface area contributed by atoms with Crippen LogP contribution in [0, 0.1) is 5.92 Å². The lowest BCUT2D eigenvalue weighted by molar-refractivity contribution is -0.141. The third-order valence-corrected chi connectivity index (χ3v) is 6.78. The largest absolute Gasteiger partial charge is 0.433 e. The first-order valence-electron chi connectivity index (χ1n) is 12.5. The number of pyridine rings is 2. The number of halogens is 6. The average Bonchev–Trinajstić information content (AvgIpc) is 2.92. The maximum Gasteiger partial charge on any atom is 0.433 e. The lowest BCUT2D eigenvalue weighted by Gasteiger charge is -2.30. The van der Waals surface area contributed by atoms with Gasteiger partial charge in [0.1, 0.15) is 17.3 Å². The van der Waals surface area contributed by atoms with Crippen molar-refractivity contribution in [2.24, 2.45) is 5.92 Å². The molecule has 0 amide bonds. The zero-order valence-corrected chi connectivity index (χ0v) is 21.0. The zero-order chi connectivity index (χ0) is 28.5. The molecule has 0 atom stereocenters. The van der Waals surface area contributed by atoms with Crippen molar-refractivity contribution in [3.8, 4) is 11.3 Å². The number of nitrogens with one attached hydrogen (secondary N) is 1. The number of aromatic nitrogens is 4. The van der Waals surface area contributed by atoms with Crippen molar-refractivity contribution >= 4 is 22.4 Å². The van der Waals surface area contributed by atoms with E-state index in [1.807, 2.05) is 0 Å². The second-order valence-corrected chi connectivity index (χ2v) is 9.57. The van der Waals surface area contributed by atoms with E-state index >= 15 is 0 Å². The monoisotopic (exact) mass is 562 g/mol. The smallest absolute Gasteiger partial charge is 0.396 e. The summed E-state index contributed by atoms with van der Waals surface area (Å²) in [6.45, 7) is 1.88. The molecule has 4 heterocycles. The predicted molar refractivity (Wildman–Crippen MR) is 135 cm³/mol. The van der Waals surface area contributed by atoms with Crippen LogP contribution in [0.5, 0.6) is 0 Å². The number of piperidine rings is 1. The number of hydrogen-bond donors (Lipinski definition) is 2. The van der Waals surface area contributed by atoms with Crippen LogP contribution >= 0.6 is 0 Å². The number of anilines is 2. The van der Waals surface area contributed by atoms with E-state index in [1.165, 1.54) is 30.5 Å². The van der Waals surface area contributed by atoms with Crippen LogP contribution in [-0.4, -0.2) is 49.6 Å². The fourth-order valence-corrected chi connectivity index (χ4v) is 4.65. The van der Waals surface area contributed by atoms with Gasteiger partial charge in [0, 0.05) is 23.8 Å². The minimum Gasteiger partial charge on any atom is -0.396 e. The minimum atomic E-state index is -4.61. The molecule has 0 radical (unpaired) electrons. The summed E-state index contributed by atoms with van der Waals surface area (Å²) in [5, 5.41) is 12.9. The molecule has 13 heteroatoms. The first kappa shape index (κ1) is 27.7. The third-order valence-electron chi connectivity index (χ3n) is 6.78. The van der Waals surface area contributed by atoms with Gasteiger partial charge in [0.15, 0.2) is 0 Å². The fourth-order valence-electron chi connectivity index (χ4n) is 4.65. The SMILES string of the molecule is OCC1CCN(Cc2nc(Nc3ccc(C(F)(F)F)nc3)c3ccc(-c4ncccc4C(F)(F)F)cc3n2)CC1. The molecule has 3 aromatic heterocycles. The summed E-state index contributed by atoms with van der Waals surface area (Å²) in [6.07, 6.45) is -5.28. The van der Waals surface area contributed by atoms with Gasteiger partial charge in [0.25, 0.3) is 0 Å². The van der Waals surface area contributed by atoms with Crippen molar-refractivity contribution in [3.63, 3.8) is 0 Å². The second-order valence-electron chi connectivity index (χ2n) is 9.57. The number of benzene rings is 1. The van der Waals surface area contributed by atoms with Gasteiger partial charge in [-0.1, -0.05) is 6.07 Å². The van der Waals surface area contributed by atoms with E-state index in [1.54, 1.807) is 6.07 Å². The maximum atomic E-state index is 13.7.